The van der Waals surface area contributed by atoms with Gasteiger partial charge < -0.3 is 10.5 Å². The molecule has 1 atom stereocenters. The fraction of sp³-hybridized carbons (Fsp3) is 0.500. The minimum absolute atomic E-state index is 0.338. The van der Waals surface area contributed by atoms with Crippen LogP contribution in [0.3, 0.4) is 0 Å². The van der Waals surface area contributed by atoms with Crippen LogP contribution < -0.4 is 15.8 Å². The maximum atomic E-state index is 11.6. The lowest BCUT2D eigenvalue weighted by Crippen LogP contribution is -2.38. The van der Waals surface area contributed by atoms with Crippen molar-refractivity contribution in [3.63, 3.8) is 0 Å². The van der Waals surface area contributed by atoms with E-state index in [4.69, 9.17) is 10.5 Å². The van der Waals surface area contributed by atoms with Crippen LogP contribution >= 0.6 is 0 Å². The van der Waals surface area contributed by atoms with Gasteiger partial charge in [0.05, 0.1) is 7.11 Å². The number of carbonyl (C=O) groups is 1. The van der Waals surface area contributed by atoms with E-state index in [1.54, 1.807) is 7.11 Å². The second kappa shape index (κ2) is 5.87. The normalized spacial score (nSPS) is 17.6. The van der Waals surface area contributed by atoms with Crippen molar-refractivity contribution in [2.75, 3.05) is 7.11 Å². The van der Waals surface area contributed by atoms with Crippen molar-refractivity contribution in [2.45, 2.75) is 37.8 Å². The van der Waals surface area contributed by atoms with Crippen LogP contribution in [0.1, 0.15) is 37.3 Å². The lowest BCUT2D eigenvalue weighted by Gasteiger charge is -2.21. The summed E-state index contributed by atoms with van der Waals surface area (Å²) in [4.78, 5) is 11.6. The van der Waals surface area contributed by atoms with E-state index in [2.05, 4.69) is 5.32 Å². The summed E-state index contributed by atoms with van der Waals surface area (Å²) < 4.78 is 5.17. The molecule has 0 aromatic heterocycles. The Morgan fingerprint density at radius 1 is 1.44 bits per heavy atom. The van der Waals surface area contributed by atoms with E-state index >= 15 is 0 Å². The molecule has 0 heterocycles. The van der Waals surface area contributed by atoms with Crippen LogP contribution in [-0.4, -0.2) is 19.1 Å². The first-order valence-corrected chi connectivity index (χ1v) is 6.40. The molecule has 98 valence electrons. The van der Waals surface area contributed by atoms with E-state index in [-0.39, 0.29) is 5.91 Å². The molecule has 1 aliphatic carbocycles. The van der Waals surface area contributed by atoms with Gasteiger partial charge in [0.2, 0.25) is 5.91 Å². The summed E-state index contributed by atoms with van der Waals surface area (Å²) in [6, 6.07) is 7.46. The van der Waals surface area contributed by atoms with Gasteiger partial charge in [0.15, 0.2) is 0 Å². The zero-order chi connectivity index (χ0) is 13.0. The molecule has 4 heteroatoms. The average molecular weight is 248 g/mol. The number of hydrogen-bond acceptors (Lipinski definition) is 3. The summed E-state index contributed by atoms with van der Waals surface area (Å²) in [5.41, 5.74) is 6.37. The number of hydrogen-bond donors (Lipinski definition) is 2. The predicted molar refractivity (Wildman–Crippen MR) is 70.3 cm³/mol. The topological polar surface area (TPSA) is 64.3 Å². The van der Waals surface area contributed by atoms with Crippen LogP contribution in [-0.2, 0) is 4.79 Å². The van der Waals surface area contributed by atoms with Crippen molar-refractivity contribution >= 4 is 5.91 Å². The van der Waals surface area contributed by atoms with Crippen LogP contribution in [0.15, 0.2) is 24.3 Å². The third-order valence-electron chi connectivity index (χ3n) is 3.47. The quantitative estimate of drug-likeness (QED) is 0.834. The van der Waals surface area contributed by atoms with Gasteiger partial charge in [0.1, 0.15) is 11.8 Å². The molecule has 18 heavy (non-hydrogen) atoms. The van der Waals surface area contributed by atoms with Gasteiger partial charge in [-0.25, -0.2) is 0 Å². The summed E-state index contributed by atoms with van der Waals surface area (Å²) >= 11 is 0. The Hall–Kier alpha value is -1.55. The number of amides is 1. The van der Waals surface area contributed by atoms with Gasteiger partial charge >= 0.3 is 0 Å². The molecule has 1 aliphatic rings. The Balaban J connectivity index is 2.14. The molecule has 3 N–H and O–H groups in total. The number of rotatable bonds is 5. The lowest BCUT2D eigenvalue weighted by atomic mass is 10.0. The minimum atomic E-state index is -0.428. The fourth-order valence-corrected chi connectivity index (χ4v) is 2.49. The lowest BCUT2D eigenvalue weighted by molar-refractivity contribution is -0.120. The van der Waals surface area contributed by atoms with Gasteiger partial charge in [-0.2, -0.15) is 0 Å². The molecule has 4 nitrogen and oxygen atoms in total. The van der Waals surface area contributed by atoms with E-state index in [0.29, 0.717) is 6.04 Å². The second-order valence-electron chi connectivity index (χ2n) is 4.76. The van der Waals surface area contributed by atoms with E-state index in [1.807, 2.05) is 24.3 Å². The Labute approximate surface area is 108 Å². The van der Waals surface area contributed by atoms with Gasteiger partial charge in [0, 0.05) is 6.04 Å². The monoisotopic (exact) mass is 248 g/mol. The molecule has 1 aromatic rings. The highest BCUT2D eigenvalue weighted by atomic mass is 16.5. The van der Waals surface area contributed by atoms with Crippen molar-refractivity contribution in [3.05, 3.63) is 29.8 Å². The number of carbonyl (C=O) groups excluding carboxylic acids is 1. The number of nitrogens with one attached hydrogen (secondary N) is 1. The molecule has 1 amide bonds. The molecule has 0 saturated heterocycles. The number of methoxy groups -OCH3 is 1. The van der Waals surface area contributed by atoms with Crippen molar-refractivity contribution in [2.24, 2.45) is 5.73 Å². The number of primary amides is 1. The van der Waals surface area contributed by atoms with Crippen LogP contribution in [0.4, 0.5) is 0 Å². The summed E-state index contributed by atoms with van der Waals surface area (Å²) in [7, 11) is 1.61. The molecule has 0 spiro atoms. The molecular formula is C14H20N2O2. The first-order valence-electron chi connectivity index (χ1n) is 6.40. The molecule has 1 unspecified atom stereocenters. The van der Waals surface area contributed by atoms with E-state index in [0.717, 1.165) is 24.2 Å². The molecule has 0 aliphatic heterocycles. The maximum absolute atomic E-state index is 11.6. The minimum Gasteiger partial charge on any atom is -0.497 e. The van der Waals surface area contributed by atoms with Crippen molar-refractivity contribution in [1.82, 2.24) is 5.32 Å². The molecule has 1 saturated carbocycles. The summed E-state index contributed by atoms with van der Waals surface area (Å²) in [6.07, 6.45) is 4.68. The van der Waals surface area contributed by atoms with E-state index in [9.17, 15) is 4.79 Å². The Kier molecular flexibility index (Phi) is 4.20. The zero-order valence-electron chi connectivity index (χ0n) is 10.7. The molecule has 1 fully saturated rings. The van der Waals surface area contributed by atoms with E-state index in [1.165, 1.54) is 12.8 Å². The third kappa shape index (κ3) is 3.01. The number of benzene rings is 1. The third-order valence-corrected chi connectivity index (χ3v) is 3.47. The first kappa shape index (κ1) is 12.9. The predicted octanol–water partition coefficient (Wildman–Crippen LogP) is 1.75. The molecule has 0 radical (unpaired) electrons. The van der Waals surface area contributed by atoms with Crippen molar-refractivity contribution in [1.29, 1.82) is 0 Å². The molecular weight excluding hydrogens is 228 g/mol. The Morgan fingerprint density at radius 2 is 2.17 bits per heavy atom. The SMILES string of the molecule is COc1cccc(C(NC2CCCC2)C(N)=O)c1. The van der Waals surface area contributed by atoms with E-state index < -0.39 is 6.04 Å². The largest absolute Gasteiger partial charge is 0.497 e. The zero-order valence-corrected chi connectivity index (χ0v) is 10.7. The fourth-order valence-electron chi connectivity index (χ4n) is 2.49. The van der Waals surface area contributed by atoms with Crippen molar-refractivity contribution < 1.29 is 9.53 Å². The standard InChI is InChI=1S/C14H20N2O2/c1-18-12-8-4-5-10(9-12)13(14(15)17)16-11-6-2-3-7-11/h4-5,8-9,11,13,16H,2-3,6-7H2,1H3,(H2,15,17). The number of nitrogens with two attached hydrogens (primary N) is 1. The second-order valence-corrected chi connectivity index (χ2v) is 4.76. The van der Waals surface area contributed by atoms with Crippen LogP contribution in [0.2, 0.25) is 0 Å². The average Bonchev–Trinajstić information content (AvgIpc) is 2.88. The highest BCUT2D eigenvalue weighted by Gasteiger charge is 2.24. The highest BCUT2D eigenvalue weighted by molar-refractivity contribution is 5.81. The first-order chi connectivity index (χ1) is 8.70. The summed E-state index contributed by atoms with van der Waals surface area (Å²) in [6.45, 7) is 0. The van der Waals surface area contributed by atoms with Crippen LogP contribution in [0.5, 0.6) is 5.75 Å². The van der Waals surface area contributed by atoms with Gasteiger partial charge in [-0.1, -0.05) is 25.0 Å². The van der Waals surface area contributed by atoms with Crippen LogP contribution in [0, 0.1) is 0 Å². The summed E-state index contributed by atoms with van der Waals surface area (Å²) in [5, 5.41) is 3.35. The van der Waals surface area contributed by atoms with Crippen molar-refractivity contribution in [3.8, 4) is 5.75 Å². The Bertz CT molecular complexity index is 414. The smallest absolute Gasteiger partial charge is 0.239 e. The summed E-state index contributed by atoms with van der Waals surface area (Å²) in [5.74, 6) is 0.405. The van der Waals surface area contributed by atoms with Gasteiger partial charge in [-0.3, -0.25) is 10.1 Å². The maximum Gasteiger partial charge on any atom is 0.239 e. The van der Waals surface area contributed by atoms with Gasteiger partial charge in [-0.05, 0) is 30.5 Å². The Morgan fingerprint density at radius 3 is 2.78 bits per heavy atom. The van der Waals surface area contributed by atoms with Gasteiger partial charge in [-0.15, -0.1) is 0 Å². The molecule has 0 bridgehead atoms. The highest BCUT2D eigenvalue weighted by Crippen LogP contribution is 2.24. The van der Waals surface area contributed by atoms with Gasteiger partial charge in [0.25, 0.3) is 0 Å². The molecule has 2 rings (SSSR count). The number of ether oxygens (including phenoxy) is 1. The molecule has 1 aromatic carbocycles. The van der Waals surface area contributed by atoms with Crippen LogP contribution in [0.25, 0.3) is 0 Å².